The zero-order valence-corrected chi connectivity index (χ0v) is 66.3. The first-order valence-electron chi connectivity index (χ1n) is 39.7. The Kier molecular flexibility index (Phi) is 19.9. The third-order valence-corrected chi connectivity index (χ3v) is 23.0. The molecule has 0 unspecified atom stereocenters. The Hall–Kier alpha value is -14.5. The van der Waals surface area contributed by atoms with Crippen molar-refractivity contribution < 1.29 is 0 Å². The van der Waals surface area contributed by atoms with E-state index in [0.717, 1.165) is 162 Å². The van der Waals surface area contributed by atoms with Crippen molar-refractivity contribution in [2.24, 2.45) is 0 Å². The van der Waals surface area contributed by atoms with Gasteiger partial charge >= 0.3 is 0 Å². The van der Waals surface area contributed by atoms with E-state index in [0.29, 0.717) is 5.82 Å². The fourth-order valence-corrected chi connectivity index (χ4v) is 16.4. The number of nitrogens with zero attached hydrogens (tertiary/aromatic N) is 6. The molecular weight excluding hydrogens is 1410 g/mol. The van der Waals surface area contributed by atoms with Gasteiger partial charge in [-0.05, 0) is 307 Å². The van der Waals surface area contributed by atoms with Crippen LogP contribution >= 0.6 is 0 Å². The Bertz CT molecular complexity index is 6520. The summed E-state index contributed by atoms with van der Waals surface area (Å²) in [4.78, 5) is 29.2. The number of aryl methyl sites for hydroxylation is 8. The van der Waals surface area contributed by atoms with Crippen LogP contribution in [0.4, 0.5) is 0 Å². The third-order valence-electron chi connectivity index (χ3n) is 23.0. The lowest BCUT2D eigenvalue weighted by atomic mass is 9.83. The minimum atomic E-state index is 0.643. The van der Waals surface area contributed by atoms with Crippen LogP contribution < -0.4 is 0 Å². The second-order valence-electron chi connectivity index (χ2n) is 30.7. The molecule has 13 aromatic carbocycles. The van der Waals surface area contributed by atoms with E-state index < -0.39 is 0 Å². The highest BCUT2D eigenvalue weighted by molar-refractivity contribution is 5.98. The molecule has 0 aliphatic carbocycles. The predicted octanol–water partition coefficient (Wildman–Crippen LogP) is 28.9. The van der Waals surface area contributed by atoms with Crippen molar-refractivity contribution in [2.75, 3.05) is 0 Å². The Balaban J connectivity index is 0.718. The van der Waals surface area contributed by atoms with Crippen LogP contribution in [0.1, 0.15) is 44.5 Å². The van der Waals surface area contributed by atoms with Gasteiger partial charge < -0.3 is 0 Å². The lowest BCUT2D eigenvalue weighted by Gasteiger charge is -2.20. The summed E-state index contributed by atoms with van der Waals surface area (Å²) in [6.07, 6.45) is 11.4. The molecule has 116 heavy (non-hydrogen) atoms. The van der Waals surface area contributed by atoms with Crippen LogP contribution in [0.5, 0.6) is 0 Å². The van der Waals surface area contributed by atoms with Crippen molar-refractivity contribution in [1.29, 1.82) is 0 Å². The van der Waals surface area contributed by atoms with Gasteiger partial charge in [0.15, 0.2) is 5.82 Å². The third kappa shape index (κ3) is 14.8. The summed E-state index contributed by atoms with van der Waals surface area (Å²) in [5.74, 6) is 0.643. The maximum Gasteiger partial charge on any atom is 0.159 e. The predicted molar refractivity (Wildman–Crippen MR) is 484 cm³/mol. The summed E-state index contributed by atoms with van der Waals surface area (Å²) in [7, 11) is 0. The van der Waals surface area contributed by atoms with Crippen LogP contribution in [0.15, 0.2) is 365 Å². The van der Waals surface area contributed by atoms with E-state index >= 15 is 0 Å². The molecule has 6 nitrogen and oxygen atoms in total. The van der Waals surface area contributed by atoms with Gasteiger partial charge in [-0.3, -0.25) is 19.9 Å². The van der Waals surface area contributed by atoms with Crippen LogP contribution in [0, 0.1) is 55.4 Å². The molecule has 0 atom stereocenters. The lowest BCUT2D eigenvalue weighted by Crippen LogP contribution is -1.96. The average molecular weight is 1490 g/mol. The zero-order valence-electron chi connectivity index (χ0n) is 66.3. The highest BCUT2D eigenvalue weighted by Crippen LogP contribution is 2.48. The van der Waals surface area contributed by atoms with Crippen LogP contribution in [-0.4, -0.2) is 29.9 Å². The second-order valence-corrected chi connectivity index (χ2v) is 30.7. The number of rotatable bonds is 17. The van der Waals surface area contributed by atoms with Gasteiger partial charge in [0.25, 0.3) is 0 Å². The van der Waals surface area contributed by atoms with Crippen molar-refractivity contribution in [2.45, 2.75) is 55.4 Å². The Labute approximate surface area is 680 Å². The maximum absolute atomic E-state index is 5.21. The first-order chi connectivity index (χ1) is 56.7. The number of aromatic nitrogens is 6. The SMILES string of the molecule is Cc1cc(C)c(-c2cc(-c3ccccc3-c3cnc(-c4ccc(-c5ccccc5-c5cc(-c6cc(C)c(C)cc6-c6ccc(-c7ccccn7)cc6)cc(-c6cc(C)c(C)cc6-c6ccc(-c7ccccn7)cc6)c5)cc4)nc3)cc(-c3cc(C)c(C)cc3-c3ccc(-c4ccccn4)cc3)c2)c(-c2ccc(-c3ccccn3)cc2)c1. The average Bonchev–Trinajstić information content (AvgIpc) is 0.763. The Morgan fingerprint density at radius 1 is 0.155 bits per heavy atom. The van der Waals surface area contributed by atoms with Crippen LogP contribution in [0.3, 0.4) is 0 Å². The number of hydrogen-bond donors (Lipinski definition) is 0. The van der Waals surface area contributed by atoms with E-state index in [1.165, 1.54) is 66.8 Å². The van der Waals surface area contributed by atoms with Crippen molar-refractivity contribution in [3.05, 3.63) is 409 Å². The van der Waals surface area contributed by atoms with Crippen molar-refractivity contribution >= 4 is 0 Å². The van der Waals surface area contributed by atoms with Gasteiger partial charge in [-0.15, -0.1) is 0 Å². The quantitative estimate of drug-likeness (QED) is 0.0904. The van der Waals surface area contributed by atoms with E-state index in [1.807, 2.05) is 85.7 Å². The van der Waals surface area contributed by atoms with E-state index in [4.69, 9.17) is 9.97 Å². The van der Waals surface area contributed by atoms with Gasteiger partial charge in [0.1, 0.15) is 0 Å². The normalized spacial score (nSPS) is 11.3. The molecule has 0 fully saturated rings. The molecule has 6 heteroatoms. The molecule has 18 rings (SSSR count). The van der Waals surface area contributed by atoms with E-state index in [9.17, 15) is 0 Å². The molecule has 554 valence electrons. The maximum atomic E-state index is 5.21. The fourth-order valence-electron chi connectivity index (χ4n) is 16.4. The molecule has 0 saturated carbocycles. The topological polar surface area (TPSA) is 77.3 Å². The molecule has 0 N–H and O–H groups in total. The monoisotopic (exact) mass is 1490 g/mol. The molecular formula is C110H84N6. The number of hydrogen-bond acceptors (Lipinski definition) is 6. The lowest BCUT2D eigenvalue weighted by molar-refractivity contribution is 1.18. The Morgan fingerprint density at radius 2 is 0.397 bits per heavy atom. The fraction of sp³-hybridized carbons (Fsp3) is 0.0727. The summed E-state index contributed by atoms with van der Waals surface area (Å²) in [6.45, 7) is 17.8. The van der Waals surface area contributed by atoms with E-state index in [2.05, 4.69) is 354 Å². The second kappa shape index (κ2) is 31.6. The molecule has 0 aliphatic rings. The molecule has 0 aliphatic heterocycles. The first-order valence-corrected chi connectivity index (χ1v) is 39.7. The van der Waals surface area contributed by atoms with Crippen molar-refractivity contribution in [3.63, 3.8) is 0 Å². The zero-order chi connectivity index (χ0) is 78.9. The molecule has 0 bridgehead atoms. The summed E-state index contributed by atoms with van der Waals surface area (Å²) >= 11 is 0. The van der Waals surface area contributed by atoms with Gasteiger partial charge in [0, 0.05) is 70.6 Å². The minimum Gasteiger partial charge on any atom is -0.256 e. The first kappa shape index (κ1) is 73.0. The van der Waals surface area contributed by atoms with Crippen LogP contribution in [-0.2, 0) is 0 Å². The number of benzene rings is 13. The highest BCUT2D eigenvalue weighted by Gasteiger charge is 2.23. The molecule has 0 spiro atoms. The van der Waals surface area contributed by atoms with Gasteiger partial charge in [-0.1, -0.05) is 248 Å². The highest BCUT2D eigenvalue weighted by atomic mass is 14.9. The molecule has 0 saturated heterocycles. The van der Waals surface area contributed by atoms with Gasteiger partial charge in [-0.25, -0.2) is 9.97 Å². The van der Waals surface area contributed by atoms with Crippen molar-refractivity contribution in [3.8, 4) is 190 Å². The van der Waals surface area contributed by atoms with Gasteiger partial charge in [0.2, 0.25) is 0 Å². The number of pyridine rings is 4. The molecule has 18 aromatic rings. The van der Waals surface area contributed by atoms with Gasteiger partial charge in [0.05, 0.1) is 22.8 Å². The van der Waals surface area contributed by atoms with E-state index in [1.54, 1.807) is 0 Å². The molecule has 5 heterocycles. The van der Waals surface area contributed by atoms with E-state index in [-0.39, 0.29) is 0 Å². The summed E-state index contributed by atoms with van der Waals surface area (Å²) in [5.41, 5.74) is 45.7. The minimum absolute atomic E-state index is 0.643. The molecule has 5 aromatic heterocycles. The molecule has 0 amide bonds. The smallest absolute Gasteiger partial charge is 0.159 e. The summed E-state index contributed by atoms with van der Waals surface area (Å²) < 4.78 is 0. The molecule has 0 radical (unpaired) electrons. The Morgan fingerprint density at radius 3 is 0.707 bits per heavy atom. The van der Waals surface area contributed by atoms with Crippen LogP contribution in [0.25, 0.3) is 190 Å². The standard InChI is InChI=1S/C110H84N6/c1-69-53-76(8)109(104(54-69)81-35-45-85(46-36-81)108-28-16-20-52-114-108)92-65-88(63-91(66-92)103-60-75(7)72(4)57-100(103)80-33-43-84(44-34-80)107-27-15-19-51-113-107)96-23-11-12-24-97(96)93-67-115-110(116-68-93)86-47-37-77(38-48-86)94-21-9-10-22-95(94)87-61-89(101-58-73(5)70(2)55-98(101)78-29-39-82(40-30-78)105-25-13-17-49-111-105)64-90(62-87)102-59-74(6)71(3)56-99(102)79-31-41-83(42-32-79)106-26-14-18-50-112-106/h9-68H,1-8H3. The largest absolute Gasteiger partial charge is 0.256 e. The van der Waals surface area contributed by atoms with Crippen molar-refractivity contribution in [1.82, 2.24) is 29.9 Å². The summed E-state index contributed by atoms with van der Waals surface area (Å²) in [6, 6.07) is 119. The van der Waals surface area contributed by atoms with Crippen LogP contribution in [0.2, 0.25) is 0 Å². The summed E-state index contributed by atoms with van der Waals surface area (Å²) in [5, 5.41) is 0. The van der Waals surface area contributed by atoms with Gasteiger partial charge in [-0.2, -0.15) is 0 Å².